The Morgan fingerprint density at radius 2 is 1.59 bits per heavy atom. The van der Waals surface area contributed by atoms with Crippen molar-refractivity contribution in [3.8, 4) is 0 Å². The van der Waals surface area contributed by atoms with Crippen LogP contribution < -0.4 is 0 Å². The van der Waals surface area contributed by atoms with Gasteiger partial charge in [-0.2, -0.15) is 17.0 Å². The summed E-state index contributed by atoms with van der Waals surface area (Å²) in [6, 6.07) is 0. The Balaban J connectivity index is 4.54. The van der Waals surface area contributed by atoms with E-state index in [9.17, 15) is 13.2 Å². The van der Waals surface area contributed by atoms with E-state index in [1.807, 2.05) is 6.92 Å². The first-order valence-electron chi connectivity index (χ1n) is 5.61. The van der Waals surface area contributed by atoms with Gasteiger partial charge in [0.05, 0.1) is 6.54 Å². The summed E-state index contributed by atoms with van der Waals surface area (Å²) < 4.78 is 26.3. The van der Waals surface area contributed by atoms with Crippen molar-refractivity contribution in [2.24, 2.45) is 0 Å². The second kappa shape index (κ2) is 6.93. The number of amides is 1. The molecule has 1 amide bonds. The van der Waals surface area contributed by atoms with Crippen molar-refractivity contribution in [1.29, 1.82) is 0 Å². The van der Waals surface area contributed by atoms with Crippen LogP contribution in [0.5, 0.6) is 0 Å². The molecule has 0 atom stereocenters. The lowest BCUT2D eigenvalue weighted by atomic mass is 10.3. The highest BCUT2D eigenvalue weighted by molar-refractivity contribution is 7.86. The highest BCUT2D eigenvalue weighted by Gasteiger charge is 2.25. The maximum atomic E-state index is 12.0. The number of hydrogen-bond acceptors (Lipinski definition) is 3. The Morgan fingerprint density at radius 3 is 2.00 bits per heavy atom. The lowest BCUT2D eigenvalue weighted by Crippen LogP contribution is -2.44. The molecule has 0 aliphatic carbocycles. The minimum atomic E-state index is -3.52. The smallest absolute Gasteiger partial charge is 0.281 e. The number of likely N-dealkylation sites (N-methyl/N-ethyl adjacent to an activating group) is 2. The van der Waals surface area contributed by atoms with Gasteiger partial charge in [0, 0.05) is 34.7 Å². The number of nitrogens with zero attached hydrogens (tertiary/aromatic N) is 3. The molecule has 0 radical (unpaired) electrons. The summed E-state index contributed by atoms with van der Waals surface area (Å²) >= 11 is 0. The van der Waals surface area contributed by atoms with Gasteiger partial charge < -0.3 is 4.90 Å². The molecule has 6 nitrogen and oxygen atoms in total. The van der Waals surface area contributed by atoms with Crippen LogP contribution in [0.2, 0.25) is 0 Å². The summed E-state index contributed by atoms with van der Waals surface area (Å²) in [6.45, 7) is 2.34. The fourth-order valence-corrected chi connectivity index (χ4v) is 2.26. The van der Waals surface area contributed by atoms with Gasteiger partial charge in [-0.1, -0.05) is 13.3 Å². The quantitative estimate of drug-likeness (QED) is 0.650. The summed E-state index contributed by atoms with van der Waals surface area (Å²) in [5.74, 6) is -0.236. The number of hydrogen-bond donors (Lipinski definition) is 0. The topological polar surface area (TPSA) is 60.9 Å². The Labute approximate surface area is 104 Å². The van der Waals surface area contributed by atoms with Crippen molar-refractivity contribution in [2.75, 3.05) is 41.3 Å². The van der Waals surface area contributed by atoms with Crippen molar-refractivity contribution in [1.82, 2.24) is 13.5 Å². The predicted molar refractivity (Wildman–Crippen MR) is 67.8 cm³/mol. The minimum Gasteiger partial charge on any atom is -0.348 e. The second-order valence-electron chi connectivity index (χ2n) is 4.23. The molecule has 102 valence electrons. The van der Waals surface area contributed by atoms with E-state index >= 15 is 0 Å². The van der Waals surface area contributed by atoms with E-state index in [1.54, 1.807) is 14.1 Å². The van der Waals surface area contributed by atoms with Gasteiger partial charge in [-0.3, -0.25) is 4.79 Å². The summed E-state index contributed by atoms with van der Waals surface area (Å²) in [5.41, 5.74) is 0. The maximum absolute atomic E-state index is 12.0. The molecule has 0 saturated heterocycles. The van der Waals surface area contributed by atoms with Gasteiger partial charge in [-0.15, -0.1) is 0 Å². The van der Waals surface area contributed by atoms with Crippen molar-refractivity contribution in [3.05, 3.63) is 0 Å². The third-order valence-electron chi connectivity index (χ3n) is 2.47. The number of carbonyl (C=O) groups is 1. The molecule has 0 fully saturated rings. The summed E-state index contributed by atoms with van der Waals surface area (Å²) in [5, 5.41) is 0. The molecule has 7 heteroatoms. The van der Waals surface area contributed by atoms with Crippen LogP contribution in [0.25, 0.3) is 0 Å². The summed E-state index contributed by atoms with van der Waals surface area (Å²) in [6.07, 6.45) is 1.74. The average molecular weight is 265 g/mol. The van der Waals surface area contributed by atoms with Crippen molar-refractivity contribution >= 4 is 16.1 Å². The third kappa shape index (κ3) is 5.01. The first-order valence-corrected chi connectivity index (χ1v) is 7.01. The van der Waals surface area contributed by atoms with Crippen molar-refractivity contribution < 1.29 is 13.2 Å². The lowest BCUT2D eigenvalue weighted by Gasteiger charge is -2.24. The van der Waals surface area contributed by atoms with Crippen LogP contribution in [0.15, 0.2) is 0 Å². The SMILES string of the molecule is CCCCN(C)S(=O)(=O)N(C)CC(=O)N(C)C. The van der Waals surface area contributed by atoms with Gasteiger partial charge in [0.25, 0.3) is 10.2 Å². The van der Waals surface area contributed by atoms with Gasteiger partial charge in [0.2, 0.25) is 5.91 Å². The summed E-state index contributed by atoms with van der Waals surface area (Å²) in [7, 11) is 2.63. The minimum absolute atomic E-state index is 0.133. The van der Waals surface area contributed by atoms with Crippen LogP contribution in [0.3, 0.4) is 0 Å². The standard InChI is InChI=1S/C10H23N3O3S/c1-6-7-8-12(4)17(15,16)13(5)9-10(14)11(2)3/h6-9H2,1-5H3. The molecule has 0 unspecified atom stereocenters. The molecule has 0 heterocycles. The third-order valence-corrected chi connectivity index (χ3v) is 4.36. The van der Waals surface area contributed by atoms with Crippen molar-refractivity contribution in [2.45, 2.75) is 19.8 Å². The molecular formula is C10H23N3O3S. The van der Waals surface area contributed by atoms with Crippen LogP contribution in [0, 0.1) is 0 Å². The van der Waals surface area contributed by atoms with Gasteiger partial charge in [0.15, 0.2) is 0 Å². The second-order valence-corrected chi connectivity index (χ2v) is 6.37. The number of rotatable bonds is 7. The highest BCUT2D eigenvalue weighted by atomic mass is 32.2. The van der Waals surface area contributed by atoms with E-state index in [1.165, 1.54) is 23.3 Å². The molecule has 0 aromatic heterocycles. The highest BCUT2D eigenvalue weighted by Crippen LogP contribution is 2.05. The first-order chi connectivity index (χ1) is 7.73. The molecular weight excluding hydrogens is 242 g/mol. The number of carbonyl (C=O) groups excluding carboxylic acids is 1. The van der Waals surface area contributed by atoms with E-state index in [0.717, 1.165) is 17.1 Å². The van der Waals surface area contributed by atoms with E-state index < -0.39 is 10.2 Å². The van der Waals surface area contributed by atoms with E-state index in [4.69, 9.17) is 0 Å². The van der Waals surface area contributed by atoms with E-state index in [-0.39, 0.29) is 12.5 Å². The maximum Gasteiger partial charge on any atom is 0.281 e. The lowest BCUT2D eigenvalue weighted by molar-refractivity contribution is -0.128. The fourth-order valence-electron chi connectivity index (χ4n) is 1.15. The van der Waals surface area contributed by atoms with Gasteiger partial charge in [-0.05, 0) is 6.42 Å². The van der Waals surface area contributed by atoms with Crippen LogP contribution >= 0.6 is 0 Å². The Kier molecular flexibility index (Phi) is 6.66. The molecule has 0 aliphatic rings. The molecule has 0 saturated carbocycles. The van der Waals surface area contributed by atoms with Gasteiger partial charge in [-0.25, -0.2) is 0 Å². The number of unbranched alkanes of at least 4 members (excludes halogenated alkanes) is 1. The molecule has 0 spiro atoms. The molecule has 0 aromatic carbocycles. The Bertz CT molecular complexity index is 341. The predicted octanol–water partition coefficient (Wildman–Crippen LogP) is -0.0169. The monoisotopic (exact) mass is 265 g/mol. The van der Waals surface area contributed by atoms with Gasteiger partial charge >= 0.3 is 0 Å². The van der Waals surface area contributed by atoms with Crippen LogP contribution in [0.1, 0.15) is 19.8 Å². The Morgan fingerprint density at radius 1 is 1.06 bits per heavy atom. The van der Waals surface area contributed by atoms with Crippen LogP contribution in [0.4, 0.5) is 0 Å². The van der Waals surface area contributed by atoms with E-state index in [2.05, 4.69) is 0 Å². The van der Waals surface area contributed by atoms with Crippen LogP contribution in [-0.4, -0.2) is 69.1 Å². The van der Waals surface area contributed by atoms with Gasteiger partial charge in [0.1, 0.15) is 0 Å². The van der Waals surface area contributed by atoms with Crippen LogP contribution in [-0.2, 0) is 15.0 Å². The molecule has 17 heavy (non-hydrogen) atoms. The normalized spacial score (nSPS) is 12.2. The molecule has 0 N–H and O–H groups in total. The fraction of sp³-hybridized carbons (Fsp3) is 0.900. The Hall–Kier alpha value is -0.660. The first kappa shape index (κ1) is 16.3. The van der Waals surface area contributed by atoms with Crippen molar-refractivity contribution in [3.63, 3.8) is 0 Å². The summed E-state index contributed by atoms with van der Waals surface area (Å²) in [4.78, 5) is 12.8. The average Bonchev–Trinajstić information content (AvgIpc) is 2.25. The molecule has 0 rings (SSSR count). The van der Waals surface area contributed by atoms with E-state index in [0.29, 0.717) is 6.54 Å². The zero-order valence-electron chi connectivity index (χ0n) is 11.3. The molecule has 0 aliphatic heterocycles. The largest absolute Gasteiger partial charge is 0.348 e. The molecule has 0 aromatic rings. The zero-order valence-corrected chi connectivity index (χ0v) is 12.1. The molecule has 0 bridgehead atoms. The zero-order chi connectivity index (χ0) is 13.6.